The Balaban J connectivity index is 1.77. The van der Waals surface area contributed by atoms with E-state index in [9.17, 15) is 5.11 Å². The van der Waals surface area contributed by atoms with Crippen molar-refractivity contribution in [1.29, 1.82) is 0 Å². The van der Waals surface area contributed by atoms with Crippen LogP contribution in [0.5, 0.6) is 0 Å². The molecule has 1 heterocycles. The van der Waals surface area contributed by atoms with Crippen LogP contribution in [0.3, 0.4) is 0 Å². The zero-order chi connectivity index (χ0) is 14.6. The SMILES string of the molecule is CC[C@@H]1CCC[C@@H](CNC[C@@](C)(O)c2cnn(C)c2)C1. The van der Waals surface area contributed by atoms with Gasteiger partial charge in [-0.3, -0.25) is 4.68 Å². The number of nitrogens with one attached hydrogen (secondary N) is 1. The highest BCUT2D eigenvalue weighted by atomic mass is 16.3. The lowest BCUT2D eigenvalue weighted by molar-refractivity contribution is 0.0549. The summed E-state index contributed by atoms with van der Waals surface area (Å²) < 4.78 is 1.73. The highest BCUT2D eigenvalue weighted by Gasteiger charge is 2.26. The van der Waals surface area contributed by atoms with Crippen LogP contribution in [0.2, 0.25) is 0 Å². The van der Waals surface area contributed by atoms with Crippen molar-refractivity contribution < 1.29 is 5.11 Å². The molecule has 114 valence electrons. The second-order valence-electron chi connectivity index (χ2n) is 6.61. The van der Waals surface area contributed by atoms with Crippen molar-refractivity contribution in [1.82, 2.24) is 15.1 Å². The van der Waals surface area contributed by atoms with Crippen molar-refractivity contribution in [3.63, 3.8) is 0 Å². The number of aryl methyl sites for hydroxylation is 1. The number of hydrogen-bond acceptors (Lipinski definition) is 3. The molecule has 20 heavy (non-hydrogen) atoms. The number of aromatic nitrogens is 2. The van der Waals surface area contributed by atoms with Crippen molar-refractivity contribution >= 4 is 0 Å². The molecule has 1 aliphatic rings. The van der Waals surface area contributed by atoms with Gasteiger partial charge in [-0.05, 0) is 38.1 Å². The van der Waals surface area contributed by atoms with E-state index in [4.69, 9.17) is 0 Å². The van der Waals surface area contributed by atoms with Gasteiger partial charge in [-0.2, -0.15) is 5.10 Å². The molecule has 0 aliphatic heterocycles. The summed E-state index contributed by atoms with van der Waals surface area (Å²) in [5, 5.41) is 18.1. The first-order chi connectivity index (χ1) is 9.51. The first kappa shape index (κ1) is 15.5. The van der Waals surface area contributed by atoms with Gasteiger partial charge >= 0.3 is 0 Å². The minimum absolute atomic E-state index is 0.589. The number of aliphatic hydroxyl groups is 1. The second kappa shape index (κ2) is 6.72. The minimum atomic E-state index is -0.840. The maximum Gasteiger partial charge on any atom is 0.102 e. The van der Waals surface area contributed by atoms with E-state index in [0.29, 0.717) is 6.54 Å². The zero-order valence-electron chi connectivity index (χ0n) is 13.1. The highest BCUT2D eigenvalue weighted by Crippen LogP contribution is 2.30. The number of hydrogen-bond donors (Lipinski definition) is 2. The Morgan fingerprint density at radius 3 is 2.85 bits per heavy atom. The van der Waals surface area contributed by atoms with Gasteiger partial charge in [-0.25, -0.2) is 0 Å². The molecule has 0 radical (unpaired) electrons. The van der Waals surface area contributed by atoms with Crippen molar-refractivity contribution in [2.45, 2.75) is 51.6 Å². The third kappa shape index (κ3) is 4.06. The quantitative estimate of drug-likeness (QED) is 0.841. The van der Waals surface area contributed by atoms with Crippen LogP contribution >= 0.6 is 0 Å². The molecule has 0 bridgehead atoms. The Morgan fingerprint density at radius 1 is 1.45 bits per heavy atom. The number of nitrogens with zero attached hydrogens (tertiary/aromatic N) is 2. The Kier molecular flexibility index (Phi) is 5.22. The van der Waals surface area contributed by atoms with Crippen LogP contribution < -0.4 is 5.32 Å². The molecule has 1 saturated carbocycles. The fourth-order valence-corrected chi connectivity index (χ4v) is 3.28. The van der Waals surface area contributed by atoms with Gasteiger partial charge < -0.3 is 10.4 Å². The summed E-state index contributed by atoms with van der Waals surface area (Å²) in [6, 6.07) is 0. The van der Waals surface area contributed by atoms with Gasteiger partial charge in [0, 0.05) is 25.4 Å². The molecule has 0 aromatic carbocycles. The summed E-state index contributed by atoms with van der Waals surface area (Å²) in [5.41, 5.74) is 0.0372. The normalized spacial score (nSPS) is 26.4. The highest BCUT2D eigenvalue weighted by molar-refractivity contribution is 5.14. The molecule has 1 aromatic heterocycles. The standard InChI is InChI=1S/C16H29N3O/c1-4-13-6-5-7-14(8-13)9-17-12-16(2,20)15-10-18-19(3)11-15/h10-11,13-14,17,20H,4-9,12H2,1-3H3/t13-,14-,16-/m1/s1. The van der Waals surface area contributed by atoms with E-state index in [0.717, 1.165) is 23.9 Å². The molecular formula is C16H29N3O. The van der Waals surface area contributed by atoms with E-state index in [1.165, 1.54) is 32.1 Å². The smallest absolute Gasteiger partial charge is 0.102 e. The molecule has 1 aliphatic carbocycles. The van der Waals surface area contributed by atoms with E-state index in [1.54, 1.807) is 10.9 Å². The summed E-state index contributed by atoms with van der Waals surface area (Å²) in [7, 11) is 1.87. The molecule has 0 unspecified atom stereocenters. The Morgan fingerprint density at radius 2 is 2.20 bits per heavy atom. The predicted octanol–water partition coefficient (Wildman–Crippen LogP) is 2.43. The predicted molar refractivity (Wildman–Crippen MR) is 81.4 cm³/mol. The lowest BCUT2D eigenvalue weighted by atomic mass is 9.80. The molecule has 0 amide bonds. The van der Waals surface area contributed by atoms with Crippen molar-refractivity contribution in [3.8, 4) is 0 Å². The zero-order valence-corrected chi connectivity index (χ0v) is 13.1. The largest absolute Gasteiger partial charge is 0.384 e. The average Bonchev–Trinajstić information content (AvgIpc) is 2.86. The van der Waals surface area contributed by atoms with Gasteiger partial charge in [0.1, 0.15) is 5.60 Å². The lowest BCUT2D eigenvalue weighted by Crippen LogP contribution is -2.38. The topological polar surface area (TPSA) is 50.1 Å². The van der Waals surface area contributed by atoms with E-state index in [2.05, 4.69) is 17.3 Å². The van der Waals surface area contributed by atoms with Gasteiger partial charge in [0.25, 0.3) is 0 Å². The third-order valence-electron chi connectivity index (χ3n) is 4.70. The van der Waals surface area contributed by atoms with E-state index in [1.807, 2.05) is 20.2 Å². The van der Waals surface area contributed by atoms with Crippen LogP contribution in [0.25, 0.3) is 0 Å². The molecule has 0 saturated heterocycles. The van der Waals surface area contributed by atoms with Crippen molar-refractivity contribution in [3.05, 3.63) is 18.0 Å². The van der Waals surface area contributed by atoms with Crippen LogP contribution in [0.15, 0.2) is 12.4 Å². The Hall–Kier alpha value is -0.870. The van der Waals surface area contributed by atoms with Gasteiger partial charge in [-0.1, -0.05) is 26.2 Å². The van der Waals surface area contributed by atoms with Gasteiger partial charge in [-0.15, -0.1) is 0 Å². The molecule has 2 N–H and O–H groups in total. The number of rotatable bonds is 6. The molecule has 1 fully saturated rings. The van der Waals surface area contributed by atoms with Crippen LogP contribution in [0, 0.1) is 11.8 Å². The van der Waals surface area contributed by atoms with Gasteiger partial charge in [0.2, 0.25) is 0 Å². The summed E-state index contributed by atoms with van der Waals surface area (Å²) >= 11 is 0. The molecule has 4 nitrogen and oxygen atoms in total. The summed E-state index contributed by atoms with van der Waals surface area (Å²) in [6.45, 7) is 5.76. The van der Waals surface area contributed by atoms with Gasteiger partial charge in [0.05, 0.1) is 6.20 Å². The first-order valence-electron chi connectivity index (χ1n) is 7.93. The summed E-state index contributed by atoms with van der Waals surface area (Å²) in [5.74, 6) is 1.69. The monoisotopic (exact) mass is 279 g/mol. The fraction of sp³-hybridized carbons (Fsp3) is 0.812. The second-order valence-corrected chi connectivity index (χ2v) is 6.61. The average molecular weight is 279 g/mol. The van der Waals surface area contributed by atoms with Crippen LogP contribution in [-0.2, 0) is 12.6 Å². The van der Waals surface area contributed by atoms with Gasteiger partial charge in [0.15, 0.2) is 0 Å². The maximum atomic E-state index is 10.5. The molecule has 3 atom stereocenters. The summed E-state index contributed by atoms with van der Waals surface area (Å²) in [6.07, 6.45) is 10.4. The van der Waals surface area contributed by atoms with Crippen molar-refractivity contribution in [2.24, 2.45) is 18.9 Å². The third-order valence-corrected chi connectivity index (χ3v) is 4.70. The van der Waals surface area contributed by atoms with Crippen LogP contribution in [-0.4, -0.2) is 28.0 Å². The fourth-order valence-electron chi connectivity index (χ4n) is 3.28. The van der Waals surface area contributed by atoms with Crippen molar-refractivity contribution in [2.75, 3.05) is 13.1 Å². The Bertz CT molecular complexity index is 414. The van der Waals surface area contributed by atoms with Crippen LogP contribution in [0.4, 0.5) is 0 Å². The first-order valence-corrected chi connectivity index (χ1v) is 7.93. The molecular weight excluding hydrogens is 250 g/mol. The lowest BCUT2D eigenvalue weighted by Gasteiger charge is -2.30. The molecule has 4 heteroatoms. The molecule has 1 aromatic rings. The molecule has 0 spiro atoms. The van der Waals surface area contributed by atoms with Crippen LogP contribution in [0.1, 0.15) is 51.5 Å². The Labute approximate surface area is 122 Å². The van der Waals surface area contributed by atoms with E-state index in [-0.39, 0.29) is 0 Å². The maximum absolute atomic E-state index is 10.5. The van der Waals surface area contributed by atoms with E-state index >= 15 is 0 Å². The van der Waals surface area contributed by atoms with E-state index < -0.39 is 5.60 Å². The molecule has 2 rings (SSSR count). The summed E-state index contributed by atoms with van der Waals surface area (Å²) in [4.78, 5) is 0. The minimum Gasteiger partial charge on any atom is -0.384 e.